The fraction of sp³-hybridized carbons (Fsp3) is 0.192. The number of aryl methyl sites for hydroxylation is 2. The van der Waals surface area contributed by atoms with Crippen LogP contribution in [0, 0.1) is 13.8 Å². The molecule has 172 valence electrons. The molecule has 4 aromatic rings. The second-order valence-electron chi connectivity index (χ2n) is 8.66. The van der Waals surface area contributed by atoms with Crippen LogP contribution in [0.3, 0.4) is 0 Å². The average Bonchev–Trinajstić information content (AvgIpc) is 3.32. The molecule has 0 fully saturated rings. The van der Waals surface area contributed by atoms with E-state index in [2.05, 4.69) is 20.7 Å². The van der Waals surface area contributed by atoms with Gasteiger partial charge in [0.25, 0.3) is 5.91 Å². The predicted molar refractivity (Wildman–Crippen MR) is 130 cm³/mol. The van der Waals surface area contributed by atoms with Crippen molar-refractivity contribution in [3.05, 3.63) is 105 Å². The Labute approximate surface area is 196 Å². The van der Waals surface area contributed by atoms with Crippen molar-refractivity contribution in [3.63, 3.8) is 0 Å². The first-order valence-corrected chi connectivity index (χ1v) is 11.1. The second-order valence-corrected chi connectivity index (χ2v) is 8.66. The second kappa shape index (κ2) is 8.64. The Kier molecular flexibility index (Phi) is 5.51. The number of H-pyrrole nitrogens is 1. The number of carbonyl (C=O) groups excluding carboxylic acids is 1. The first kappa shape index (κ1) is 21.7. The van der Waals surface area contributed by atoms with Gasteiger partial charge in [0, 0.05) is 17.7 Å². The first-order chi connectivity index (χ1) is 16.4. The van der Waals surface area contributed by atoms with Crippen molar-refractivity contribution >= 4 is 17.5 Å². The molecule has 2 atom stereocenters. The fourth-order valence-electron chi connectivity index (χ4n) is 4.44. The zero-order valence-electron chi connectivity index (χ0n) is 18.9. The quantitative estimate of drug-likeness (QED) is 0.369. The summed E-state index contributed by atoms with van der Waals surface area (Å²) in [6.45, 7) is 3.94. The Morgan fingerprint density at radius 1 is 1.06 bits per heavy atom. The van der Waals surface area contributed by atoms with Gasteiger partial charge in [-0.2, -0.15) is 4.68 Å². The van der Waals surface area contributed by atoms with Crippen LogP contribution in [0.1, 0.15) is 38.7 Å². The lowest BCUT2D eigenvalue weighted by atomic mass is 10.1. The van der Waals surface area contributed by atoms with Crippen molar-refractivity contribution in [2.75, 3.05) is 5.32 Å². The number of carbonyl (C=O) groups is 1. The number of aromatic amines is 1. The molecule has 0 aliphatic heterocycles. The molecule has 0 spiro atoms. The van der Waals surface area contributed by atoms with Crippen LogP contribution in [0.25, 0.3) is 5.69 Å². The van der Waals surface area contributed by atoms with Crippen LogP contribution in [-0.4, -0.2) is 31.9 Å². The number of fused-ring (bicyclic) bond motifs is 1. The smallest absolute Gasteiger partial charge is 0.349 e. The van der Waals surface area contributed by atoms with Crippen LogP contribution in [0.4, 0.5) is 11.6 Å². The lowest BCUT2D eigenvalue weighted by Gasteiger charge is -2.18. The third-order valence-corrected chi connectivity index (χ3v) is 5.97. The molecule has 0 radical (unpaired) electrons. The Bertz CT molecular complexity index is 1400. The number of amides is 1. The predicted octanol–water partition coefficient (Wildman–Crippen LogP) is 3.31. The molecule has 1 aliphatic rings. The molecule has 3 aromatic carbocycles. The molecular weight excluding hydrogens is 430 g/mol. The zero-order chi connectivity index (χ0) is 23.8. The molecule has 1 aromatic heterocycles. The summed E-state index contributed by atoms with van der Waals surface area (Å²) >= 11 is 0. The van der Waals surface area contributed by atoms with Crippen LogP contribution >= 0.6 is 0 Å². The van der Waals surface area contributed by atoms with Crippen molar-refractivity contribution in [2.45, 2.75) is 32.4 Å². The number of hydrogen-bond acceptors (Lipinski definition) is 5. The highest BCUT2D eigenvalue weighted by Gasteiger charge is 2.32. The zero-order valence-corrected chi connectivity index (χ0v) is 18.9. The lowest BCUT2D eigenvalue weighted by molar-refractivity contribution is 0.0858. The highest BCUT2D eigenvalue weighted by atomic mass is 16.3. The maximum Gasteiger partial charge on any atom is 0.349 e. The maximum atomic E-state index is 12.8. The molecule has 8 nitrogen and oxygen atoms in total. The summed E-state index contributed by atoms with van der Waals surface area (Å²) in [7, 11) is 0. The number of aliphatic hydroxyl groups is 1. The van der Waals surface area contributed by atoms with E-state index >= 15 is 0 Å². The minimum Gasteiger partial charge on any atom is -0.390 e. The van der Waals surface area contributed by atoms with Crippen LogP contribution in [0.2, 0.25) is 0 Å². The van der Waals surface area contributed by atoms with Gasteiger partial charge in [-0.15, -0.1) is 5.10 Å². The summed E-state index contributed by atoms with van der Waals surface area (Å²) in [4.78, 5) is 27.9. The Morgan fingerprint density at radius 3 is 2.50 bits per heavy atom. The van der Waals surface area contributed by atoms with Gasteiger partial charge in [-0.25, -0.2) is 4.79 Å². The molecule has 8 heteroatoms. The van der Waals surface area contributed by atoms with E-state index in [0.29, 0.717) is 29.3 Å². The Balaban J connectivity index is 1.29. The van der Waals surface area contributed by atoms with E-state index in [1.54, 1.807) is 24.3 Å². The molecule has 1 heterocycles. The number of aromatic nitrogens is 3. The van der Waals surface area contributed by atoms with E-state index < -0.39 is 12.1 Å². The molecule has 4 N–H and O–H groups in total. The molecule has 0 saturated carbocycles. The normalized spacial score (nSPS) is 16.8. The lowest BCUT2D eigenvalue weighted by Crippen LogP contribution is -2.33. The summed E-state index contributed by atoms with van der Waals surface area (Å²) in [6, 6.07) is 20.0. The first-order valence-electron chi connectivity index (χ1n) is 11.1. The van der Waals surface area contributed by atoms with E-state index in [1.165, 1.54) is 4.68 Å². The standard InChI is InChI=1S/C26H25N5O3/c1-15-11-16(2)13-20(12-15)31-26(34)29-25(30-31)27-19-9-7-17(8-10-19)24(33)28-23-21-6-4-3-5-18(21)14-22(23)32/h3-13,22-23,32H,14H2,1-2H3,(H,28,33)(H2,27,29,30,34)/t22-,23+/m0/s1. The van der Waals surface area contributed by atoms with Crippen LogP contribution < -0.4 is 16.3 Å². The van der Waals surface area contributed by atoms with Gasteiger partial charge in [0.1, 0.15) is 0 Å². The van der Waals surface area contributed by atoms with Gasteiger partial charge >= 0.3 is 5.69 Å². The van der Waals surface area contributed by atoms with Crippen molar-refractivity contribution in [1.82, 2.24) is 20.1 Å². The van der Waals surface area contributed by atoms with Crippen LogP contribution in [-0.2, 0) is 6.42 Å². The number of hydrogen-bond donors (Lipinski definition) is 4. The molecule has 0 unspecified atom stereocenters. The Morgan fingerprint density at radius 2 is 1.76 bits per heavy atom. The SMILES string of the molecule is Cc1cc(C)cc(-n2nc(Nc3ccc(C(=O)N[C@@H]4c5ccccc5C[C@@H]4O)cc3)[nH]c2=O)c1. The number of nitrogens with one attached hydrogen (secondary N) is 3. The van der Waals surface area contributed by atoms with E-state index in [0.717, 1.165) is 22.3 Å². The van der Waals surface area contributed by atoms with Crippen LogP contribution in [0.15, 0.2) is 71.5 Å². The molecule has 1 amide bonds. The van der Waals surface area contributed by atoms with Gasteiger partial charge < -0.3 is 15.7 Å². The van der Waals surface area contributed by atoms with Gasteiger partial charge in [-0.3, -0.25) is 9.78 Å². The number of anilines is 2. The molecule has 0 bridgehead atoms. The average molecular weight is 456 g/mol. The highest BCUT2D eigenvalue weighted by Crippen LogP contribution is 2.31. The van der Waals surface area contributed by atoms with Gasteiger partial charge in [-0.1, -0.05) is 30.3 Å². The van der Waals surface area contributed by atoms with Crippen molar-refractivity contribution in [2.24, 2.45) is 0 Å². The molecule has 0 saturated heterocycles. The molecular formula is C26H25N5O3. The van der Waals surface area contributed by atoms with Crippen LogP contribution in [0.5, 0.6) is 0 Å². The minimum atomic E-state index is -0.647. The van der Waals surface area contributed by atoms with Gasteiger partial charge in [0.05, 0.1) is 17.8 Å². The van der Waals surface area contributed by atoms with E-state index in [4.69, 9.17) is 0 Å². The number of benzene rings is 3. The maximum absolute atomic E-state index is 12.8. The number of rotatable bonds is 5. The number of nitrogens with zero attached hydrogens (tertiary/aromatic N) is 2. The van der Waals surface area contributed by atoms with Crippen molar-refractivity contribution in [1.29, 1.82) is 0 Å². The molecule has 34 heavy (non-hydrogen) atoms. The topological polar surface area (TPSA) is 112 Å². The fourth-order valence-corrected chi connectivity index (χ4v) is 4.44. The monoisotopic (exact) mass is 455 g/mol. The third kappa shape index (κ3) is 4.23. The van der Waals surface area contributed by atoms with E-state index in [-0.39, 0.29) is 11.6 Å². The Hall–Kier alpha value is -4.17. The minimum absolute atomic E-state index is 0.264. The van der Waals surface area contributed by atoms with E-state index in [9.17, 15) is 14.7 Å². The summed E-state index contributed by atoms with van der Waals surface area (Å²) in [5.74, 6) is 0.0341. The molecule has 1 aliphatic carbocycles. The number of aliphatic hydroxyl groups excluding tert-OH is 1. The third-order valence-electron chi connectivity index (χ3n) is 5.97. The highest BCUT2D eigenvalue weighted by molar-refractivity contribution is 5.95. The van der Waals surface area contributed by atoms with Gasteiger partial charge in [0.2, 0.25) is 5.95 Å². The summed E-state index contributed by atoms with van der Waals surface area (Å²) in [5, 5.41) is 20.7. The summed E-state index contributed by atoms with van der Waals surface area (Å²) in [5.41, 5.74) is 5.57. The molecule has 5 rings (SSSR count). The largest absolute Gasteiger partial charge is 0.390 e. The summed E-state index contributed by atoms with van der Waals surface area (Å²) < 4.78 is 1.31. The van der Waals surface area contributed by atoms with Gasteiger partial charge in [-0.05, 0) is 72.5 Å². The van der Waals surface area contributed by atoms with Crippen molar-refractivity contribution in [3.8, 4) is 5.69 Å². The summed E-state index contributed by atoms with van der Waals surface area (Å²) in [6.07, 6.45) is -0.122. The van der Waals surface area contributed by atoms with E-state index in [1.807, 2.05) is 56.3 Å². The van der Waals surface area contributed by atoms with Gasteiger partial charge in [0.15, 0.2) is 0 Å². The van der Waals surface area contributed by atoms with Crippen molar-refractivity contribution < 1.29 is 9.90 Å².